The molecule has 1 unspecified atom stereocenters. The number of rotatable bonds is 5. The predicted octanol–water partition coefficient (Wildman–Crippen LogP) is 3.96. The summed E-state index contributed by atoms with van der Waals surface area (Å²) in [5, 5.41) is 0. The maximum atomic E-state index is 12.4. The second-order valence-electron chi connectivity index (χ2n) is 4.70. The zero-order valence-electron chi connectivity index (χ0n) is 11.6. The van der Waals surface area contributed by atoms with Gasteiger partial charge < -0.3 is 0 Å². The Morgan fingerprint density at radius 1 is 1.19 bits per heavy atom. The smallest absolute Gasteiger partial charge is 0.207 e. The monoisotopic (exact) mass is 365 g/mol. The Bertz CT molecular complexity index is 739. The van der Waals surface area contributed by atoms with Gasteiger partial charge in [-0.05, 0) is 36.8 Å². The summed E-state index contributed by atoms with van der Waals surface area (Å²) >= 11 is 3.38. The fraction of sp³-hybridized carbons (Fsp3) is 0.125. The van der Waals surface area contributed by atoms with Gasteiger partial charge in [-0.25, -0.2) is 8.42 Å². The van der Waals surface area contributed by atoms with Crippen LogP contribution >= 0.6 is 15.9 Å². The molecule has 0 bridgehead atoms. The molecule has 1 N–H and O–H groups in total. The maximum absolute atomic E-state index is 12.4. The molecule has 5 heteroatoms. The molecule has 0 saturated heterocycles. The van der Waals surface area contributed by atoms with E-state index in [0.29, 0.717) is 0 Å². The van der Waals surface area contributed by atoms with Crippen LogP contribution in [-0.2, 0) is 10.0 Å². The zero-order chi connectivity index (χ0) is 15.5. The van der Waals surface area contributed by atoms with Crippen molar-refractivity contribution in [3.05, 3.63) is 76.8 Å². The summed E-state index contributed by atoms with van der Waals surface area (Å²) in [4.78, 5) is 0.245. The standard InChI is InChI=1S/C16H16BrNO2S/c1-3-16(13-5-4-6-14(17)11-13)18-21(19,20)15-9-7-12(2)8-10-15/h3-11,16,18H,1H2,2H3. The van der Waals surface area contributed by atoms with E-state index in [9.17, 15) is 8.42 Å². The molecule has 21 heavy (non-hydrogen) atoms. The largest absolute Gasteiger partial charge is 0.241 e. The van der Waals surface area contributed by atoms with E-state index >= 15 is 0 Å². The second kappa shape index (κ2) is 6.56. The molecule has 0 aromatic heterocycles. The third-order valence-corrected chi connectivity index (χ3v) is 5.01. The van der Waals surface area contributed by atoms with Crippen LogP contribution in [-0.4, -0.2) is 8.42 Å². The number of aryl methyl sites for hydroxylation is 1. The summed E-state index contributed by atoms with van der Waals surface area (Å²) in [5.41, 5.74) is 1.84. The van der Waals surface area contributed by atoms with E-state index in [1.54, 1.807) is 30.3 Å². The van der Waals surface area contributed by atoms with E-state index in [1.165, 1.54) is 0 Å². The third kappa shape index (κ3) is 4.03. The van der Waals surface area contributed by atoms with Gasteiger partial charge in [0.1, 0.15) is 0 Å². The molecule has 3 nitrogen and oxygen atoms in total. The summed E-state index contributed by atoms with van der Waals surface area (Å²) in [5.74, 6) is 0. The normalized spacial score (nSPS) is 12.9. The Kier molecular flexibility index (Phi) is 4.98. The minimum Gasteiger partial charge on any atom is -0.207 e. The first-order chi connectivity index (χ1) is 9.92. The molecule has 0 spiro atoms. The zero-order valence-corrected chi connectivity index (χ0v) is 14.0. The highest BCUT2D eigenvalue weighted by atomic mass is 79.9. The lowest BCUT2D eigenvalue weighted by Gasteiger charge is -2.16. The van der Waals surface area contributed by atoms with Crippen LogP contribution in [0.5, 0.6) is 0 Å². The molecule has 1 atom stereocenters. The van der Waals surface area contributed by atoms with Crippen molar-refractivity contribution in [2.24, 2.45) is 0 Å². The van der Waals surface area contributed by atoms with Crippen molar-refractivity contribution in [1.29, 1.82) is 0 Å². The highest BCUT2D eigenvalue weighted by Crippen LogP contribution is 2.21. The minimum absolute atomic E-state index is 0.245. The molecule has 0 aliphatic carbocycles. The van der Waals surface area contributed by atoms with Crippen molar-refractivity contribution < 1.29 is 8.42 Å². The number of hydrogen-bond acceptors (Lipinski definition) is 2. The van der Waals surface area contributed by atoms with E-state index < -0.39 is 16.1 Å². The van der Waals surface area contributed by atoms with Crippen molar-refractivity contribution in [1.82, 2.24) is 4.72 Å². The topological polar surface area (TPSA) is 46.2 Å². The van der Waals surface area contributed by atoms with Crippen LogP contribution in [0.4, 0.5) is 0 Å². The number of sulfonamides is 1. The summed E-state index contributed by atoms with van der Waals surface area (Å²) in [6, 6.07) is 13.7. The number of hydrogen-bond donors (Lipinski definition) is 1. The molecule has 0 aliphatic heterocycles. The molecule has 0 fully saturated rings. The molecular weight excluding hydrogens is 350 g/mol. The van der Waals surface area contributed by atoms with Crippen LogP contribution in [0.25, 0.3) is 0 Å². The van der Waals surface area contributed by atoms with Crippen molar-refractivity contribution >= 4 is 26.0 Å². The highest BCUT2D eigenvalue weighted by Gasteiger charge is 2.19. The Morgan fingerprint density at radius 2 is 1.86 bits per heavy atom. The van der Waals surface area contributed by atoms with Crippen LogP contribution in [0.2, 0.25) is 0 Å². The van der Waals surface area contributed by atoms with Crippen molar-refractivity contribution in [3.8, 4) is 0 Å². The number of nitrogens with one attached hydrogen (secondary N) is 1. The molecular formula is C16H16BrNO2S. The lowest BCUT2D eigenvalue weighted by Crippen LogP contribution is -2.27. The quantitative estimate of drug-likeness (QED) is 0.815. The van der Waals surface area contributed by atoms with Gasteiger partial charge in [0, 0.05) is 4.47 Å². The third-order valence-electron chi connectivity index (χ3n) is 3.06. The molecule has 2 rings (SSSR count). The molecule has 0 saturated carbocycles. The van der Waals surface area contributed by atoms with Gasteiger partial charge in [-0.3, -0.25) is 0 Å². The Hall–Kier alpha value is -1.43. The summed E-state index contributed by atoms with van der Waals surface area (Å²) in [7, 11) is -3.59. The van der Waals surface area contributed by atoms with Crippen LogP contribution in [0.3, 0.4) is 0 Å². The van der Waals surface area contributed by atoms with Gasteiger partial charge in [-0.1, -0.05) is 51.8 Å². The molecule has 110 valence electrons. The first-order valence-electron chi connectivity index (χ1n) is 6.39. The van der Waals surface area contributed by atoms with Crippen molar-refractivity contribution in [2.45, 2.75) is 17.9 Å². The van der Waals surface area contributed by atoms with Gasteiger partial charge in [0.15, 0.2) is 0 Å². The number of benzene rings is 2. The number of halogens is 1. The average molecular weight is 366 g/mol. The van der Waals surface area contributed by atoms with E-state index in [1.807, 2.05) is 31.2 Å². The molecule has 2 aromatic rings. The van der Waals surface area contributed by atoms with Crippen molar-refractivity contribution in [3.63, 3.8) is 0 Å². The predicted molar refractivity (Wildman–Crippen MR) is 88.6 cm³/mol. The van der Waals surface area contributed by atoms with Crippen LogP contribution in [0.15, 0.2) is 70.6 Å². The molecule has 0 radical (unpaired) electrons. The fourth-order valence-electron chi connectivity index (χ4n) is 1.90. The van der Waals surface area contributed by atoms with Crippen molar-refractivity contribution in [2.75, 3.05) is 0 Å². The minimum atomic E-state index is -3.59. The van der Waals surface area contributed by atoms with E-state index in [2.05, 4.69) is 27.2 Å². The van der Waals surface area contributed by atoms with Gasteiger partial charge in [0.25, 0.3) is 0 Å². The van der Waals surface area contributed by atoms with Crippen LogP contribution < -0.4 is 4.72 Å². The van der Waals surface area contributed by atoms with Gasteiger partial charge in [-0.2, -0.15) is 4.72 Å². The SMILES string of the molecule is C=CC(NS(=O)(=O)c1ccc(C)cc1)c1cccc(Br)c1. The van der Waals surface area contributed by atoms with E-state index in [0.717, 1.165) is 15.6 Å². The van der Waals surface area contributed by atoms with E-state index in [4.69, 9.17) is 0 Å². The van der Waals surface area contributed by atoms with E-state index in [-0.39, 0.29) is 4.90 Å². The van der Waals surface area contributed by atoms with Gasteiger partial charge in [0.2, 0.25) is 10.0 Å². The molecule has 0 aliphatic rings. The van der Waals surface area contributed by atoms with Crippen LogP contribution in [0, 0.1) is 6.92 Å². The fourth-order valence-corrected chi connectivity index (χ4v) is 3.52. The Labute approximate surface area is 133 Å². The van der Waals surface area contributed by atoms with Gasteiger partial charge >= 0.3 is 0 Å². The first-order valence-corrected chi connectivity index (χ1v) is 8.67. The molecule has 0 heterocycles. The first kappa shape index (κ1) is 15.9. The van der Waals surface area contributed by atoms with Gasteiger partial charge in [-0.15, -0.1) is 6.58 Å². The highest BCUT2D eigenvalue weighted by molar-refractivity contribution is 9.10. The lowest BCUT2D eigenvalue weighted by molar-refractivity contribution is 0.574. The second-order valence-corrected chi connectivity index (χ2v) is 7.33. The summed E-state index contributed by atoms with van der Waals surface area (Å²) < 4.78 is 28.3. The Balaban J connectivity index is 2.29. The average Bonchev–Trinajstić information content (AvgIpc) is 2.45. The lowest BCUT2D eigenvalue weighted by atomic mass is 10.1. The molecule has 2 aromatic carbocycles. The summed E-state index contributed by atoms with van der Waals surface area (Å²) in [6.45, 7) is 5.63. The summed E-state index contributed by atoms with van der Waals surface area (Å²) in [6.07, 6.45) is 1.58. The Morgan fingerprint density at radius 3 is 2.43 bits per heavy atom. The van der Waals surface area contributed by atoms with Gasteiger partial charge in [0.05, 0.1) is 10.9 Å². The molecule has 0 amide bonds. The maximum Gasteiger partial charge on any atom is 0.241 e. The van der Waals surface area contributed by atoms with Crippen LogP contribution in [0.1, 0.15) is 17.2 Å².